The second-order valence-electron chi connectivity index (χ2n) is 7.82. The fourth-order valence-corrected chi connectivity index (χ4v) is 4.53. The van der Waals surface area contributed by atoms with Gasteiger partial charge in [-0.15, -0.1) is 0 Å². The number of hydrogen-bond acceptors (Lipinski definition) is 4. The van der Waals surface area contributed by atoms with E-state index in [0.29, 0.717) is 31.5 Å². The van der Waals surface area contributed by atoms with Gasteiger partial charge in [-0.05, 0) is 38.5 Å². The highest BCUT2D eigenvalue weighted by Crippen LogP contribution is 2.26. The minimum Gasteiger partial charge on any atom is -0.387 e. The largest absolute Gasteiger partial charge is 0.387 e. The summed E-state index contributed by atoms with van der Waals surface area (Å²) in [4.78, 5) is 29.8. The molecule has 3 saturated heterocycles. The number of aliphatic hydroxyl groups is 1. The number of rotatable bonds is 3. The van der Waals surface area contributed by atoms with Gasteiger partial charge in [0.15, 0.2) is 0 Å². The van der Waals surface area contributed by atoms with Crippen LogP contribution in [-0.2, 0) is 9.59 Å². The van der Waals surface area contributed by atoms with Gasteiger partial charge < -0.3 is 19.8 Å². The molecule has 6 heteroatoms. The first-order chi connectivity index (χ1) is 11.5. The van der Waals surface area contributed by atoms with E-state index in [1.54, 1.807) is 11.8 Å². The van der Waals surface area contributed by atoms with Crippen molar-refractivity contribution in [1.82, 2.24) is 14.7 Å². The SMILES string of the molecule is CC(=O)N1CCCCC(O)(CN2CCC(N3CCCC3=O)CC2)C1. The number of carbonyl (C=O) groups excluding carboxylic acids is 2. The minimum absolute atomic E-state index is 0.0570. The normalized spacial score (nSPS) is 30.7. The van der Waals surface area contributed by atoms with E-state index in [0.717, 1.165) is 64.7 Å². The average molecular weight is 337 g/mol. The van der Waals surface area contributed by atoms with Gasteiger partial charge in [0.2, 0.25) is 11.8 Å². The van der Waals surface area contributed by atoms with Crippen LogP contribution in [0.1, 0.15) is 51.9 Å². The van der Waals surface area contributed by atoms with Crippen molar-refractivity contribution in [2.45, 2.75) is 63.5 Å². The lowest BCUT2D eigenvalue weighted by Gasteiger charge is -2.41. The topological polar surface area (TPSA) is 64.1 Å². The highest BCUT2D eigenvalue weighted by Gasteiger charge is 2.37. The molecule has 136 valence electrons. The van der Waals surface area contributed by atoms with Gasteiger partial charge in [-0.2, -0.15) is 0 Å². The quantitative estimate of drug-likeness (QED) is 0.829. The van der Waals surface area contributed by atoms with Crippen LogP contribution in [0.3, 0.4) is 0 Å². The Hall–Kier alpha value is -1.14. The molecule has 0 aliphatic carbocycles. The first kappa shape index (κ1) is 17.7. The molecule has 3 rings (SSSR count). The lowest BCUT2D eigenvalue weighted by Crippen LogP contribution is -2.54. The van der Waals surface area contributed by atoms with Crippen LogP contribution in [0.2, 0.25) is 0 Å². The molecule has 0 spiro atoms. The van der Waals surface area contributed by atoms with E-state index in [-0.39, 0.29) is 5.91 Å². The highest BCUT2D eigenvalue weighted by atomic mass is 16.3. The number of amides is 2. The second-order valence-corrected chi connectivity index (χ2v) is 7.82. The van der Waals surface area contributed by atoms with E-state index in [1.165, 1.54) is 0 Å². The van der Waals surface area contributed by atoms with Crippen LogP contribution in [0.15, 0.2) is 0 Å². The van der Waals surface area contributed by atoms with Gasteiger partial charge in [0, 0.05) is 52.1 Å². The summed E-state index contributed by atoms with van der Waals surface area (Å²) in [5, 5.41) is 11.0. The summed E-state index contributed by atoms with van der Waals surface area (Å²) in [7, 11) is 0. The molecule has 1 unspecified atom stereocenters. The summed E-state index contributed by atoms with van der Waals surface area (Å²) >= 11 is 0. The van der Waals surface area contributed by atoms with E-state index in [1.807, 2.05) is 0 Å². The molecule has 0 aromatic rings. The number of β-amino-alcohol motifs (C(OH)–C–C–N with tert-alkyl or cyclic N) is 1. The van der Waals surface area contributed by atoms with Crippen molar-refractivity contribution >= 4 is 11.8 Å². The first-order valence-corrected chi connectivity index (χ1v) is 9.47. The average Bonchev–Trinajstić information content (AvgIpc) is 2.87. The Morgan fingerprint density at radius 2 is 1.92 bits per heavy atom. The smallest absolute Gasteiger partial charge is 0.222 e. The third kappa shape index (κ3) is 4.09. The Labute approximate surface area is 144 Å². The highest BCUT2D eigenvalue weighted by molar-refractivity contribution is 5.78. The predicted octanol–water partition coefficient (Wildman–Crippen LogP) is 0.837. The van der Waals surface area contributed by atoms with Crippen molar-refractivity contribution in [2.24, 2.45) is 0 Å². The number of piperidine rings is 1. The van der Waals surface area contributed by atoms with Crippen LogP contribution in [0, 0.1) is 0 Å². The zero-order valence-electron chi connectivity index (χ0n) is 14.9. The van der Waals surface area contributed by atoms with Crippen molar-refractivity contribution in [3.05, 3.63) is 0 Å². The van der Waals surface area contributed by atoms with Crippen LogP contribution < -0.4 is 0 Å². The number of carbonyl (C=O) groups is 2. The van der Waals surface area contributed by atoms with Crippen molar-refractivity contribution in [3.63, 3.8) is 0 Å². The van der Waals surface area contributed by atoms with Crippen molar-refractivity contribution in [3.8, 4) is 0 Å². The molecule has 3 aliphatic heterocycles. The van der Waals surface area contributed by atoms with E-state index in [4.69, 9.17) is 0 Å². The van der Waals surface area contributed by atoms with Crippen molar-refractivity contribution in [1.29, 1.82) is 0 Å². The van der Waals surface area contributed by atoms with Crippen molar-refractivity contribution < 1.29 is 14.7 Å². The Morgan fingerprint density at radius 3 is 2.54 bits per heavy atom. The number of likely N-dealkylation sites (tertiary alicyclic amines) is 3. The fourth-order valence-electron chi connectivity index (χ4n) is 4.53. The summed E-state index contributed by atoms with van der Waals surface area (Å²) in [6, 6.07) is 0.383. The molecule has 0 radical (unpaired) electrons. The molecule has 2 amide bonds. The zero-order valence-corrected chi connectivity index (χ0v) is 14.9. The van der Waals surface area contributed by atoms with Crippen LogP contribution in [-0.4, -0.2) is 82.5 Å². The molecule has 3 heterocycles. The van der Waals surface area contributed by atoms with Crippen LogP contribution in [0.5, 0.6) is 0 Å². The molecule has 1 N–H and O–H groups in total. The van der Waals surface area contributed by atoms with Crippen molar-refractivity contribution in [2.75, 3.05) is 39.3 Å². The lowest BCUT2D eigenvalue weighted by atomic mass is 9.95. The Kier molecular flexibility index (Phi) is 5.45. The standard InChI is InChI=1S/C18H31N3O3/c1-15(22)20-9-3-2-8-18(24,14-20)13-19-11-6-16(7-12-19)21-10-4-5-17(21)23/h16,24H,2-14H2,1H3. The van der Waals surface area contributed by atoms with Gasteiger partial charge in [-0.3, -0.25) is 9.59 Å². The van der Waals surface area contributed by atoms with Crippen LogP contribution in [0.25, 0.3) is 0 Å². The van der Waals surface area contributed by atoms with Crippen LogP contribution >= 0.6 is 0 Å². The van der Waals surface area contributed by atoms with E-state index in [2.05, 4.69) is 9.80 Å². The summed E-state index contributed by atoms with van der Waals surface area (Å²) in [5.41, 5.74) is -0.793. The molecule has 24 heavy (non-hydrogen) atoms. The maximum atomic E-state index is 11.9. The summed E-state index contributed by atoms with van der Waals surface area (Å²) < 4.78 is 0. The van der Waals surface area contributed by atoms with Gasteiger partial charge in [-0.25, -0.2) is 0 Å². The maximum Gasteiger partial charge on any atom is 0.222 e. The Bertz CT molecular complexity index is 476. The van der Waals surface area contributed by atoms with E-state index in [9.17, 15) is 14.7 Å². The first-order valence-electron chi connectivity index (χ1n) is 9.47. The van der Waals surface area contributed by atoms with Gasteiger partial charge in [0.25, 0.3) is 0 Å². The summed E-state index contributed by atoms with van der Waals surface area (Å²) in [6.07, 6.45) is 6.42. The molecule has 0 aromatic heterocycles. The molecular formula is C18H31N3O3. The molecule has 6 nitrogen and oxygen atoms in total. The molecule has 3 fully saturated rings. The summed E-state index contributed by atoms with van der Waals surface area (Å²) in [5.74, 6) is 0.370. The van der Waals surface area contributed by atoms with Gasteiger partial charge in [0.05, 0.1) is 12.1 Å². The fraction of sp³-hybridized carbons (Fsp3) is 0.889. The number of nitrogens with zero attached hydrogens (tertiary/aromatic N) is 3. The summed E-state index contributed by atoms with van der Waals surface area (Å²) in [6.45, 7) is 6.21. The maximum absolute atomic E-state index is 11.9. The van der Waals surface area contributed by atoms with Crippen LogP contribution in [0.4, 0.5) is 0 Å². The van der Waals surface area contributed by atoms with E-state index < -0.39 is 5.60 Å². The molecule has 0 aromatic carbocycles. The zero-order chi connectivity index (χ0) is 17.2. The molecular weight excluding hydrogens is 306 g/mol. The third-order valence-electron chi connectivity index (χ3n) is 5.88. The molecule has 0 saturated carbocycles. The third-order valence-corrected chi connectivity index (χ3v) is 5.88. The second kappa shape index (κ2) is 7.40. The Balaban J connectivity index is 1.52. The molecule has 3 aliphatic rings. The Morgan fingerprint density at radius 1 is 1.17 bits per heavy atom. The lowest BCUT2D eigenvalue weighted by molar-refractivity contribution is -0.132. The number of hydrogen-bond donors (Lipinski definition) is 1. The monoisotopic (exact) mass is 337 g/mol. The van der Waals surface area contributed by atoms with Gasteiger partial charge >= 0.3 is 0 Å². The molecule has 1 atom stereocenters. The van der Waals surface area contributed by atoms with Gasteiger partial charge in [-0.1, -0.05) is 0 Å². The minimum atomic E-state index is -0.793. The van der Waals surface area contributed by atoms with Gasteiger partial charge in [0.1, 0.15) is 0 Å². The molecule has 0 bridgehead atoms. The van der Waals surface area contributed by atoms with E-state index >= 15 is 0 Å². The predicted molar refractivity (Wildman–Crippen MR) is 91.5 cm³/mol.